The molecule has 3 aromatic rings. The van der Waals surface area contributed by atoms with Crippen molar-refractivity contribution in [1.82, 2.24) is 0 Å². The van der Waals surface area contributed by atoms with Gasteiger partial charge in [-0.25, -0.2) is 4.79 Å². The van der Waals surface area contributed by atoms with Crippen LogP contribution in [0.25, 0.3) is 11.0 Å². The van der Waals surface area contributed by atoms with Gasteiger partial charge in [-0.15, -0.1) is 0 Å². The molecular weight excluding hydrogens is 366 g/mol. The summed E-state index contributed by atoms with van der Waals surface area (Å²) in [6.45, 7) is 1.61. The number of anilines is 1. The Bertz CT molecular complexity index is 1100. The fourth-order valence-electron chi connectivity index (χ4n) is 3.42. The second kappa shape index (κ2) is 7.08. The molecule has 1 aromatic heterocycles. The highest BCUT2D eigenvalue weighted by atomic mass is 35.5. The van der Waals surface area contributed by atoms with E-state index >= 15 is 0 Å². The Kier molecular flexibility index (Phi) is 4.62. The van der Waals surface area contributed by atoms with Gasteiger partial charge in [0, 0.05) is 23.2 Å². The minimum atomic E-state index is -0.442. The molecule has 0 saturated heterocycles. The van der Waals surface area contributed by atoms with Crippen molar-refractivity contribution in [3.8, 4) is 5.75 Å². The molecule has 2 aromatic carbocycles. The number of aryl methyl sites for hydroxylation is 3. The summed E-state index contributed by atoms with van der Waals surface area (Å²) < 4.78 is 10.7. The maximum absolute atomic E-state index is 12.2. The van der Waals surface area contributed by atoms with E-state index in [0.717, 1.165) is 35.9 Å². The molecule has 138 valence electrons. The van der Waals surface area contributed by atoms with Gasteiger partial charge in [-0.05, 0) is 61.1 Å². The van der Waals surface area contributed by atoms with E-state index in [1.54, 1.807) is 13.0 Å². The average Bonchev–Trinajstić information content (AvgIpc) is 3.08. The standard InChI is InChI=1S/C21H18ClNO4/c1-12-7-21(25)27-18-10-19(17(22)9-16(12)18)26-11-20(24)23-15-6-5-13-3-2-4-14(13)8-15/h5-10H,2-4,11H2,1H3,(H,23,24). The summed E-state index contributed by atoms with van der Waals surface area (Å²) in [7, 11) is 0. The summed E-state index contributed by atoms with van der Waals surface area (Å²) in [6.07, 6.45) is 3.31. The first-order valence-electron chi connectivity index (χ1n) is 8.78. The quantitative estimate of drug-likeness (QED) is 0.683. The molecule has 0 unspecified atom stereocenters. The molecule has 0 aliphatic heterocycles. The molecular formula is C21H18ClNO4. The normalized spacial score (nSPS) is 12.8. The Hall–Kier alpha value is -2.79. The zero-order valence-corrected chi connectivity index (χ0v) is 15.6. The predicted molar refractivity (Wildman–Crippen MR) is 105 cm³/mol. The molecule has 1 N–H and O–H groups in total. The molecule has 5 nitrogen and oxygen atoms in total. The van der Waals surface area contributed by atoms with Crippen molar-refractivity contribution in [3.05, 3.63) is 68.5 Å². The van der Waals surface area contributed by atoms with Crippen molar-refractivity contribution in [1.29, 1.82) is 0 Å². The van der Waals surface area contributed by atoms with E-state index in [1.807, 2.05) is 12.1 Å². The summed E-state index contributed by atoms with van der Waals surface area (Å²) in [5.41, 5.74) is 4.10. The molecule has 1 aliphatic rings. The molecule has 27 heavy (non-hydrogen) atoms. The number of halogens is 1. The van der Waals surface area contributed by atoms with Gasteiger partial charge < -0.3 is 14.5 Å². The minimum absolute atomic E-state index is 0.196. The number of fused-ring (bicyclic) bond motifs is 2. The molecule has 1 aliphatic carbocycles. The third-order valence-corrected chi connectivity index (χ3v) is 5.04. The lowest BCUT2D eigenvalue weighted by Crippen LogP contribution is -2.20. The lowest BCUT2D eigenvalue weighted by molar-refractivity contribution is -0.118. The van der Waals surface area contributed by atoms with Gasteiger partial charge in [-0.3, -0.25) is 4.79 Å². The number of rotatable bonds is 4. The van der Waals surface area contributed by atoms with Crippen molar-refractivity contribution in [2.24, 2.45) is 0 Å². The highest BCUT2D eigenvalue weighted by Crippen LogP contribution is 2.31. The van der Waals surface area contributed by atoms with Gasteiger partial charge in [0.1, 0.15) is 11.3 Å². The van der Waals surface area contributed by atoms with Crippen LogP contribution in [0.5, 0.6) is 5.75 Å². The molecule has 0 fully saturated rings. The second-order valence-electron chi connectivity index (χ2n) is 6.70. The van der Waals surface area contributed by atoms with E-state index in [2.05, 4.69) is 11.4 Å². The molecule has 0 saturated carbocycles. The smallest absolute Gasteiger partial charge is 0.336 e. The lowest BCUT2D eigenvalue weighted by atomic mass is 10.1. The summed E-state index contributed by atoms with van der Waals surface area (Å²) in [5.74, 6) is 0.0109. The third kappa shape index (κ3) is 3.69. The minimum Gasteiger partial charge on any atom is -0.482 e. The number of ether oxygens (including phenoxy) is 1. The monoisotopic (exact) mass is 383 g/mol. The Morgan fingerprint density at radius 1 is 1.19 bits per heavy atom. The van der Waals surface area contributed by atoms with Gasteiger partial charge in [0.25, 0.3) is 5.91 Å². The number of hydrogen-bond donors (Lipinski definition) is 1. The van der Waals surface area contributed by atoms with Gasteiger partial charge in [0.05, 0.1) is 5.02 Å². The number of carbonyl (C=O) groups is 1. The Morgan fingerprint density at radius 2 is 2.00 bits per heavy atom. The Labute approximate surface area is 160 Å². The van der Waals surface area contributed by atoms with Crippen molar-refractivity contribution in [2.75, 3.05) is 11.9 Å². The average molecular weight is 384 g/mol. The van der Waals surface area contributed by atoms with Gasteiger partial charge in [0.2, 0.25) is 0 Å². The molecule has 1 amide bonds. The van der Waals surface area contributed by atoms with Crippen LogP contribution in [0.3, 0.4) is 0 Å². The first kappa shape index (κ1) is 17.6. The number of nitrogens with one attached hydrogen (secondary N) is 1. The number of amides is 1. The Balaban J connectivity index is 1.47. The molecule has 0 bridgehead atoms. The SMILES string of the molecule is Cc1cc(=O)oc2cc(OCC(=O)Nc3ccc4c(c3)CCC4)c(Cl)cc12. The summed E-state index contributed by atoms with van der Waals surface area (Å²) in [5, 5.41) is 3.92. The van der Waals surface area contributed by atoms with E-state index in [1.165, 1.54) is 23.3 Å². The van der Waals surface area contributed by atoms with Gasteiger partial charge in [-0.1, -0.05) is 17.7 Å². The lowest BCUT2D eigenvalue weighted by Gasteiger charge is -2.11. The zero-order chi connectivity index (χ0) is 19.0. The molecule has 0 radical (unpaired) electrons. The zero-order valence-electron chi connectivity index (χ0n) is 14.8. The van der Waals surface area contributed by atoms with E-state index < -0.39 is 5.63 Å². The topological polar surface area (TPSA) is 68.5 Å². The van der Waals surface area contributed by atoms with Gasteiger partial charge in [-0.2, -0.15) is 0 Å². The molecule has 0 spiro atoms. The first-order valence-corrected chi connectivity index (χ1v) is 9.16. The summed E-state index contributed by atoms with van der Waals surface area (Å²) >= 11 is 6.25. The summed E-state index contributed by atoms with van der Waals surface area (Å²) in [6, 6.07) is 10.6. The largest absolute Gasteiger partial charge is 0.482 e. The van der Waals surface area contributed by atoms with Crippen LogP contribution in [-0.4, -0.2) is 12.5 Å². The first-order chi connectivity index (χ1) is 13.0. The third-order valence-electron chi connectivity index (χ3n) is 4.74. The van der Waals surface area contributed by atoms with Crippen LogP contribution < -0.4 is 15.7 Å². The number of hydrogen-bond acceptors (Lipinski definition) is 4. The number of carbonyl (C=O) groups excluding carboxylic acids is 1. The van der Waals surface area contributed by atoms with Gasteiger partial charge >= 0.3 is 5.63 Å². The maximum atomic E-state index is 12.2. The van der Waals surface area contributed by atoms with Crippen molar-refractivity contribution in [3.63, 3.8) is 0 Å². The van der Waals surface area contributed by atoms with Crippen LogP contribution in [0.15, 0.2) is 45.6 Å². The van der Waals surface area contributed by atoms with Crippen LogP contribution in [0.1, 0.15) is 23.1 Å². The molecule has 1 heterocycles. The highest BCUT2D eigenvalue weighted by Gasteiger charge is 2.13. The van der Waals surface area contributed by atoms with Crippen molar-refractivity contribution in [2.45, 2.75) is 26.2 Å². The van der Waals surface area contributed by atoms with Crippen LogP contribution in [0.4, 0.5) is 5.69 Å². The van der Waals surface area contributed by atoms with Crippen LogP contribution >= 0.6 is 11.6 Å². The molecule has 4 rings (SSSR count). The van der Waals surface area contributed by atoms with Crippen molar-refractivity contribution < 1.29 is 13.9 Å². The summed E-state index contributed by atoms with van der Waals surface area (Å²) in [4.78, 5) is 23.8. The highest BCUT2D eigenvalue weighted by molar-refractivity contribution is 6.32. The number of benzene rings is 2. The maximum Gasteiger partial charge on any atom is 0.336 e. The van der Waals surface area contributed by atoms with Crippen LogP contribution in [-0.2, 0) is 17.6 Å². The van der Waals surface area contributed by atoms with E-state index in [4.69, 9.17) is 20.8 Å². The van der Waals surface area contributed by atoms with Crippen LogP contribution in [0, 0.1) is 6.92 Å². The molecule has 0 atom stereocenters. The van der Waals surface area contributed by atoms with E-state index in [9.17, 15) is 9.59 Å². The fourth-order valence-corrected chi connectivity index (χ4v) is 3.64. The van der Waals surface area contributed by atoms with Gasteiger partial charge in [0.15, 0.2) is 6.61 Å². The second-order valence-corrected chi connectivity index (χ2v) is 7.11. The van der Waals surface area contributed by atoms with Crippen LogP contribution in [0.2, 0.25) is 5.02 Å². The Morgan fingerprint density at radius 3 is 2.85 bits per heavy atom. The predicted octanol–water partition coefficient (Wildman–Crippen LogP) is 4.26. The van der Waals surface area contributed by atoms with E-state index in [-0.39, 0.29) is 12.5 Å². The van der Waals surface area contributed by atoms with E-state index in [0.29, 0.717) is 16.4 Å². The molecule has 6 heteroatoms. The fraction of sp³-hybridized carbons (Fsp3) is 0.238. The van der Waals surface area contributed by atoms with Crippen molar-refractivity contribution >= 4 is 34.2 Å².